The molecule has 0 fully saturated rings. The summed E-state index contributed by atoms with van der Waals surface area (Å²) in [6.45, 7) is 5.79. The third-order valence-corrected chi connectivity index (χ3v) is 3.35. The average molecular weight is 306 g/mol. The molecule has 0 radical (unpaired) electrons. The Bertz CT molecular complexity index is 676. The molecule has 21 heavy (non-hydrogen) atoms. The number of rotatable bonds is 3. The number of aromatic nitrogens is 2. The molecule has 0 aliphatic carbocycles. The van der Waals surface area contributed by atoms with Crippen molar-refractivity contribution in [1.82, 2.24) is 9.97 Å². The van der Waals surface area contributed by atoms with Gasteiger partial charge in [-0.15, -0.1) is 0 Å². The van der Waals surface area contributed by atoms with Gasteiger partial charge < -0.3 is 14.8 Å². The molecule has 1 aromatic carbocycles. The second kappa shape index (κ2) is 5.77. The minimum absolute atomic E-state index is 0.511. The molecule has 0 atom stereocenters. The number of halogens is 1. The Balaban J connectivity index is 2.06. The van der Waals surface area contributed by atoms with Crippen molar-refractivity contribution in [1.29, 1.82) is 0 Å². The molecule has 0 bridgehead atoms. The molecule has 2 heterocycles. The maximum Gasteiger partial charge on any atom is 0.179 e. The van der Waals surface area contributed by atoms with Crippen LogP contribution in [0.5, 0.6) is 11.5 Å². The first-order chi connectivity index (χ1) is 10.2. The lowest BCUT2D eigenvalue weighted by Gasteiger charge is -2.20. The monoisotopic (exact) mass is 305 g/mol. The lowest BCUT2D eigenvalue weighted by molar-refractivity contribution is 0.172. The van der Waals surface area contributed by atoms with E-state index in [1.54, 1.807) is 6.07 Å². The van der Waals surface area contributed by atoms with Crippen LogP contribution < -0.4 is 14.8 Å². The predicted molar refractivity (Wildman–Crippen MR) is 82.4 cm³/mol. The number of anilines is 1. The molecule has 1 aliphatic rings. The highest BCUT2D eigenvalue weighted by molar-refractivity contribution is 6.32. The van der Waals surface area contributed by atoms with Gasteiger partial charge in [0.1, 0.15) is 19.0 Å². The number of aryl methyl sites for hydroxylation is 1. The Labute approximate surface area is 128 Å². The molecule has 5 nitrogen and oxygen atoms in total. The zero-order chi connectivity index (χ0) is 14.8. The van der Waals surface area contributed by atoms with Crippen LogP contribution in [0.1, 0.15) is 12.6 Å². The number of nitrogens with one attached hydrogen (secondary N) is 1. The number of nitrogens with zero attached hydrogens (tertiary/aromatic N) is 2. The fourth-order valence-electron chi connectivity index (χ4n) is 2.21. The molecule has 3 rings (SSSR count). The summed E-state index contributed by atoms with van der Waals surface area (Å²) in [6, 6.07) is 5.58. The van der Waals surface area contributed by atoms with Crippen LogP contribution in [0.25, 0.3) is 11.4 Å². The minimum atomic E-state index is 0.511. The molecule has 1 N–H and O–H groups in total. The number of benzene rings is 1. The van der Waals surface area contributed by atoms with E-state index in [9.17, 15) is 0 Å². The van der Waals surface area contributed by atoms with Crippen molar-refractivity contribution in [2.75, 3.05) is 25.1 Å². The average Bonchev–Trinajstić information content (AvgIpc) is 2.47. The first-order valence-corrected chi connectivity index (χ1v) is 7.24. The van der Waals surface area contributed by atoms with Gasteiger partial charge >= 0.3 is 0 Å². The molecule has 0 saturated heterocycles. The maximum atomic E-state index is 6.26. The van der Waals surface area contributed by atoms with Crippen LogP contribution in [-0.2, 0) is 0 Å². The normalized spacial score (nSPS) is 13.1. The zero-order valence-electron chi connectivity index (χ0n) is 11.9. The standard InChI is InChI=1S/C15H16ClN3O2/c1-3-17-13-6-9(2)18-15(19-13)10-7-11(16)14-12(8-10)20-4-5-21-14/h6-8H,3-5H2,1-2H3,(H,17,18,19). The van der Waals surface area contributed by atoms with E-state index in [1.807, 2.05) is 26.0 Å². The summed E-state index contributed by atoms with van der Waals surface area (Å²) < 4.78 is 11.1. The van der Waals surface area contributed by atoms with Crippen LogP contribution in [0, 0.1) is 6.92 Å². The van der Waals surface area contributed by atoms with Crippen LogP contribution in [-0.4, -0.2) is 29.7 Å². The maximum absolute atomic E-state index is 6.26. The molecule has 6 heteroatoms. The molecule has 0 saturated carbocycles. The van der Waals surface area contributed by atoms with Crippen LogP contribution in [0.3, 0.4) is 0 Å². The van der Waals surface area contributed by atoms with Crippen molar-refractivity contribution >= 4 is 17.4 Å². The molecular weight excluding hydrogens is 290 g/mol. The highest BCUT2D eigenvalue weighted by Gasteiger charge is 2.18. The predicted octanol–water partition coefficient (Wildman–Crippen LogP) is 3.31. The van der Waals surface area contributed by atoms with Gasteiger partial charge in [-0.25, -0.2) is 9.97 Å². The van der Waals surface area contributed by atoms with Gasteiger partial charge in [0.15, 0.2) is 17.3 Å². The Kier molecular flexibility index (Phi) is 3.84. The fourth-order valence-corrected chi connectivity index (χ4v) is 2.47. The lowest BCUT2D eigenvalue weighted by atomic mass is 10.1. The van der Waals surface area contributed by atoms with Gasteiger partial charge in [-0.05, 0) is 26.0 Å². The van der Waals surface area contributed by atoms with Crippen molar-refractivity contribution in [3.8, 4) is 22.9 Å². The topological polar surface area (TPSA) is 56.3 Å². The van der Waals surface area contributed by atoms with E-state index >= 15 is 0 Å². The van der Waals surface area contributed by atoms with Crippen LogP contribution >= 0.6 is 11.6 Å². The Hall–Kier alpha value is -2.01. The summed E-state index contributed by atoms with van der Waals surface area (Å²) in [5.74, 6) is 2.64. The van der Waals surface area contributed by atoms with Crippen molar-refractivity contribution < 1.29 is 9.47 Å². The summed E-state index contributed by atoms with van der Waals surface area (Å²) >= 11 is 6.26. The van der Waals surface area contributed by atoms with Gasteiger partial charge in [0, 0.05) is 23.9 Å². The molecular formula is C15H16ClN3O2. The number of hydrogen-bond acceptors (Lipinski definition) is 5. The molecule has 2 aromatic rings. The first kappa shape index (κ1) is 13.9. The molecule has 0 amide bonds. The zero-order valence-corrected chi connectivity index (χ0v) is 12.7. The molecule has 110 valence electrons. The largest absolute Gasteiger partial charge is 0.486 e. The van der Waals surface area contributed by atoms with E-state index < -0.39 is 0 Å². The summed E-state index contributed by atoms with van der Waals surface area (Å²) in [5, 5.41) is 3.71. The van der Waals surface area contributed by atoms with Crippen molar-refractivity contribution in [3.63, 3.8) is 0 Å². The van der Waals surface area contributed by atoms with E-state index in [2.05, 4.69) is 15.3 Å². The Morgan fingerprint density at radius 2 is 2.00 bits per heavy atom. The Morgan fingerprint density at radius 3 is 2.81 bits per heavy atom. The smallest absolute Gasteiger partial charge is 0.179 e. The highest BCUT2D eigenvalue weighted by atomic mass is 35.5. The van der Waals surface area contributed by atoms with Gasteiger partial charge in [-0.3, -0.25) is 0 Å². The van der Waals surface area contributed by atoms with Crippen LogP contribution in [0.2, 0.25) is 5.02 Å². The van der Waals surface area contributed by atoms with E-state index in [0.717, 1.165) is 23.6 Å². The second-order valence-electron chi connectivity index (χ2n) is 4.73. The molecule has 0 spiro atoms. The van der Waals surface area contributed by atoms with E-state index in [0.29, 0.717) is 35.6 Å². The van der Waals surface area contributed by atoms with E-state index in [1.165, 1.54) is 0 Å². The first-order valence-electron chi connectivity index (χ1n) is 6.86. The van der Waals surface area contributed by atoms with Crippen LogP contribution in [0.15, 0.2) is 18.2 Å². The van der Waals surface area contributed by atoms with Crippen LogP contribution in [0.4, 0.5) is 5.82 Å². The summed E-state index contributed by atoms with van der Waals surface area (Å²) in [5.41, 5.74) is 1.70. The lowest BCUT2D eigenvalue weighted by Crippen LogP contribution is -2.15. The van der Waals surface area contributed by atoms with Crippen molar-refractivity contribution in [2.45, 2.75) is 13.8 Å². The molecule has 1 aliphatic heterocycles. The van der Waals surface area contributed by atoms with Gasteiger partial charge in [0.2, 0.25) is 0 Å². The second-order valence-corrected chi connectivity index (χ2v) is 5.14. The number of ether oxygens (including phenoxy) is 2. The highest BCUT2D eigenvalue weighted by Crippen LogP contribution is 2.40. The van der Waals surface area contributed by atoms with Gasteiger partial charge in [0.25, 0.3) is 0 Å². The van der Waals surface area contributed by atoms with Crippen molar-refractivity contribution in [2.24, 2.45) is 0 Å². The summed E-state index contributed by atoms with van der Waals surface area (Å²) in [6.07, 6.45) is 0. The Morgan fingerprint density at radius 1 is 1.19 bits per heavy atom. The third kappa shape index (κ3) is 2.88. The van der Waals surface area contributed by atoms with E-state index in [4.69, 9.17) is 21.1 Å². The fraction of sp³-hybridized carbons (Fsp3) is 0.333. The van der Waals surface area contributed by atoms with E-state index in [-0.39, 0.29) is 0 Å². The van der Waals surface area contributed by atoms with Crippen molar-refractivity contribution in [3.05, 3.63) is 28.9 Å². The number of fused-ring (bicyclic) bond motifs is 1. The minimum Gasteiger partial charge on any atom is -0.486 e. The van der Waals surface area contributed by atoms with Gasteiger partial charge in [0.05, 0.1) is 5.02 Å². The third-order valence-electron chi connectivity index (χ3n) is 3.07. The molecule has 0 unspecified atom stereocenters. The van der Waals surface area contributed by atoms with Gasteiger partial charge in [-0.2, -0.15) is 0 Å². The summed E-state index contributed by atoms with van der Waals surface area (Å²) in [4.78, 5) is 8.98. The quantitative estimate of drug-likeness (QED) is 0.943. The molecule has 1 aromatic heterocycles. The number of hydrogen-bond donors (Lipinski definition) is 1. The SMILES string of the molecule is CCNc1cc(C)nc(-c2cc(Cl)c3c(c2)OCCO3)n1. The van der Waals surface area contributed by atoms with Gasteiger partial charge in [-0.1, -0.05) is 11.6 Å². The summed E-state index contributed by atoms with van der Waals surface area (Å²) in [7, 11) is 0.